The highest BCUT2D eigenvalue weighted by molar-refractivity contribution is 5.83. The zero-order valence-electron chi connectivity index (χ0n) is 15.1. The lowest BCUT2D eigenvalue weighted by Gasteiger charge is -2.25. The summed E-state index contributed by atoms with van der Waals surface area (Å²) < 4.78 is 0. The maximum atomic E-state index is 12.8. The number of carbonyl (C=O) groups excluding carboxylic acids is 1. The molecule has 3 rings (SSSR count). The van der Waals surface area contributed by atoms with Crippen LogP contribution >= 0.6 is 0 Å². The number of nitrogens with one attached hydrogen (secondary N) is 2. The molecule has 1 unspecified atom stereocenters. The highest BCUT2D eigenvalue weighted by Crippen LogP contribution is 2.22. The number of aromatic nitrogens is 2. The van der Waals surface area contributed by atoms with Crippen LogP contribution in [0.15, 0.2) is 53.3 Å². The smallest absolute Gasteiger partial charge is 0.258 e. The summed E-state index contributed by atoms with van der Waals surface area (Å²) in [4.78, 5) is 33.9. The van der Waals surface area contributed by atoms with Crippen molar-refractivity contribution in [3.8, 4) is 0 Å². The van der Waals surface area contributed by atoms with Crippen molar-refractivity contribution in [2.24, 2.45) is 0 Å². The van der Waals surface area contributed by atoms with Crippen LogP contribution in [0.25, 0.3) is 10.9 Å². The van der Waals surface area contributed by atoms with Gasteiger partial charge in [-0.05, 0) is 44.3 Å². The molecule has 26 heavy (non-hydrogen) atoms. The molecule has 0 aliphatic rings. The fourth-order valence-corrected chi connectivity index (χ4v) is 3.03. The number of benzene rings is 2. The number of para-hydroxylation sites is 1. The Kier molecular flexibility index (Phi) is 5.14. The lowest BCUT2D eigenvalue weighted by Crippen LogP contribution is -2.37. The third-order valence-electron chi connectivity index (χ3n) is 4.34. The van der Waals surface area contributed by atoms with Crippen molar-refractivity contribution in [2.75, 3.05) is 14.1 Å². The summed E-state index contributed by atoms with van der Waals surface area (Å²) in [5.41, 5.74) is 2.42. The van der Waals surface area contributed by atoms with Gasteiger partial charge in [-0.15, -0.1) is 0 Å². The van der Waals surface area contributed by atoms with Crippen LogP contribution in [0.5, 0.6) is 0 Å². The molecule has 0 spiro atoms. The first-order valence-corrected chi connectivity index (χ1v) is 8.45. The Labute approximate surface area is 151 Å². The molecular weight excluding hydrogens is 328 g/mol. The molecule has 0 aliphatic heterocycles. The van der Waals surface area contributed by atoms with Gasteiger partial charge in [-0.25, -0.2) is 4.98 Å². The van der Waals surface area contributed by atoms with Crippen LogP contribution in [-0.2, 0) is 11.3 Å². The van der Waals surface area contributed by atoms with Crippen molar-refractivity contribution in [2.45, 2.75) is 19.5 Å². The molecule has 0 radical (unpaired) electrons. The molecule has 0 aliphatic carbocycles. The Balaban J connectivity index is 1.81. The van der Waals surface area contributed by atoms with Gasteiger partial charge in [0.1, 0.15) is 11.9 Å². The Morgan fingerprint density at radius 1 is 1.15 bits per heavy atom. The summed E-state index contributed by atoms with van der Waals surface area (Å²) in [6, 6.07) is 14.5. The molecule has 0 saturated carbocycles. The minimum atomic E-state index is -0.414. The number of H-pyrrole nitrogens is 1. The predicted molar refractivity (Wildman–Crippen MR) is 102 cm³/mol. The van der Waals surface area contributed by atoms with E-state index < -0.39 is 6.04 Å². The molecule has 6 heteroatoms. The molecule has 0 bridgehead atoms. The molecule has 1 amide bonds. The molecule has 6 nitrogen and oxygen atoms in total. The number of carbonyl (C=O) groups is 1. The van der Waals surface area contributed by atoms with Crippen molar-refractivity contribution in [1.29, 1.82) is 0 Å². The average Bonchev–Trinajstić information content (AvgIpc) is 2.61. The van der Waals surface area contributed by atoms with E-state index in [4.69, 9.17) is 0 Å². The average molecular weight is 350 g/mol. The van der Waals surface area contributed by atoms with Crippen LogP contribution in [0.2, 0.25) is 0 Å². The van der Waals surface area contributed by atoms with Gasteiger partial charge in [-0.3, -0.25) is 14.5 Å². The lowest BCUT2D eigenvalue weighted by atomic mass is 10.00. The highest BCUT2D eigenvalue weighted by atomic mass is 16.2. The van der Waals surface area contributed by atoms with Crippen LogP contribution in [0.4, 0.5) is 0 Å². The fourth-order valence-electron chi connectivity index (χ4n) is 3.03. The molecule has 0 fully saturated rings. The number of rotatable bonds is 5. The van der Waals surface area contributed by atoms with E-state index in [9.17, 15) is 9.59 Å². The number of aromatic amines is 1. The number of hydrogen-bond acceptors (Lipinski definition) is 4. The molecule has 0 saturated heterocycles. The van der Waals surface area contributed by atoms with Crippen molar-refractivity contribution in [1.82, 2.24) is 20.2 Å². The number of nitrogens with zero attached hydrogens (tertiary/aromatic N) is 2. The van der Waals surface area contributed by atoms with Gasteiger partial charge >= 0.3 is 0 Å². The number of amides is 1. The first kappa shape index (κ1) is 17.8. The second-order valence-electron chi connectivity index (χ2n) is 6.47. The van der Waals surface area contributed by atoms with Crippen molar-refractivity contribution < 1.29 is 4.79 Å². The van der Waals surface area contributed by atoms with Crippen LogP contribution in [0.3, 0.4) is 0 Å². The summed E-state index contributed by atoms with van der Waals surface area (Å²) in [6.07, 6.45) is 0. The Morgan fingerprint density at radius 3 is 2.58 bits per heavy atom. The Morgan fingerprint density at radius 2 is 1.85 bits per heavy atom. The molecule has 3 aromatic rings. The van der Waals surface area contributed by atoms with Crippen LogP contribution in [-0.4, -0.2) is 34.9 Å². The SMILES string of the molecule is Cc1ccccc1C(C(=O)NCc1nc2ccccc2c(=O)[nH]1)N(C)C. The van der Waals surface area contributed by atoms with Gasteiger partial charge in [-0.2, -0.15) is 0 Å². The van der Waals surface area contributed by atoms with Crippen molar-refractivity contribution in [3.63, 3.8) is 0 Å². The molecule has 1 heterocycles. The summed E-state index contributed by atoms with van der Waals surface area (Å²) in [5.74, 6) is 0.296. The fraction of sp³-hybridized carbons (Fsp3) is 0.250. The largest absolute Gasteiger partial charge is 0.347 e. The van der Waals surface area contributed by atoms with Gasteiger partial charge < -0.3 is 10.3 Å². The second-order valence-corrected chi connectivity index (χ2v) is 6.47. The van der Waals surface area contributed by atoms with E-state index >= 15 is 0 Å². The molecule has 2 aromatic carbocycles. The van der Waals surface area contributed by atoms with Gasteiger partial charge in [0.15, 0.2) is 0 Å². The van der Waals surface area contributed by atoms with Gasteiger partial charge in [0, 0.05) is 0 Å². The number of hydrogen-bond donors (Lipinski definition) is 2. The monoisotopic (exact) mass is 350 g/mol. The lowest BCUT2D eigenvalue weighted by molar-refractivity contribution is -0.126. The zero-order valence-corrected chi connectivity index (χ0v) is 15.1. The maximum absolute atomic E-state index is 12.8. The van der Waals surface area contributed by atoms with Crippen LogP contribution < -0.4 is 10.9 Å². The maximum Gasteiger partial charge on any atom is 0.258 e. The van der Waals surface area contributed by atoms with E-state index in [2.05, 4.69) is 15.3 Å². The molecule has 1 aromatic heterocycles. The predicted octanol–water partition coefficient (Wildman–Crippen LogP) is 2.15. The minimum Gasteiger partial charge on any atom is -0.347 e. The van der Waals surface area contributed by atoms with E-state index in [0.717, 1.165) is 11.1 Å². The van der Waals surface area contributed by atoms with Gasteiger partial charge in [0.25, 0.3) is 5.56 Å². The molecule has 2 N–H and O–H groups in total. The van der Waals surface area contributed by atoms with Crippen LogP contribution in [0, 0.1) is 6.92 Å². The third-order valence-corrected chi connectivity index (χ3v) is 4.34. The number of fused-ring (bicyclic) bond motifs is 1. The van der Waals surface area contributed by atoms with Gasteiger partial charge in [-0.1, -0.05) is 36.4 Å². The van der Waals surface area contributed by atoms with E-state index in [1.165, 1.54) is 0 Å². The Hall–Kier alpha value is -2.99. The topological polar surface area (TPSA) is 78.1 Å². The third kappa shape index (κ3) is 3.65. The van der Waals surface area contributed by atoms with Crippen LogP contribution in [0.1, 0.15) is 23.0 Å². The number of likely N-dealkylation sites (N-methyl/N-ethyl adjacent to an activating group) is 1. The first-order chi connectivity index (χ1) is 12.5. The second kappa shape index (κ2) is 7.49. The van der Waals surface area contributed by atoms with Gasteiger partial charge in [0.2, 0.25) is 5.91 Å². The zero-order chi connectivity index (χ0) is 18.7. The Bertz CT molecular complexity index is 994. The summed E-state index contributed by atoms with van der Waals surface area (Å²) >= 11 is 0. The normalized spacial score (nSPS) is 12.3. The number of aryl methyl sites for hydroxylation is 1. The summed E-state index contributed by atoms with van der Waals surface area (Å²) in [6.45, 7) is 2.15. The van der Waals surface area contributed by atoms with E-state index in [0.29, 0.717) is 16.7 Å². The summed E-state index contributed by atoms with van der Waals surface area (Å²) in [7, 11) is 3.74. The van der Waals surface area contributed by atoms with E-state index in [-0.39, 0.29) is 18.0 Å². The van der Waals surface area contributed by atoms with Crippen molar-refractivity contribution >= 4 is 16.8 Å². The minimum absolute atomic E-state index is 0.139. The standard InChI is InChI=1S/C20H22N4O2/c1-13-8-4-5-9-14(13)18(24(2)3)20(26)21-12-17-22-16-11-7-6-10-15(16)19(25)23-17/h4-11,18H,12H2,1-3H3,(H,21,26)(H,22,23,25). The van der Waals surface area contributed by atoms with Gasteiger partial charge in [0.05, 0.1) is 17.4 Å². The van der Waals surface area contributed by atoms with Crippen molar-refractivity contribution in [3.05, 3.63) is 75.8 Å². The quantitative estimate of drug-likeness (QED) is 0.739. The first-order valence-electron chi connectivity index (χ1n) is 8.45. The van der Waals surface area contributed by atoms with E-state index in [1.807, 2.05) is 56.3 Å². The van der Waals surface area contributed by atoms with E-state index in [1.54, 1.807) is 18.2 Å². The molecular formula is C20H22N4O2. The summed E-state index contributed by atoms with van der Waals surface area (Å²) in [5, 5.41) is 3.42. The molecule has 1 atom stereocenters. The molecule has 134 valence electrons. The highest BCUT2D eigenvalue weighted by Gasteiger charge is 2.24.